The average Bonchev–Trinajstić information content (AvgIpc) is 3.21. The van der Waals surface area contributed by atoms with E-state index in [4.69, 9.17) is 4.74 Å². The largest absolute Gasteiger partial charge is 0.378 e. The number of carbonyl (C=O) groups excluding carboxylic acids is 2. The maximum atomic E-state index is 12.9. The second-order valence-corrected chi connectivity index (χ2v) is 7.75. The number of amides is 2. The van der Waals surface area contributed by atoms with Crippen LogP contribution in [0.5, 0.6) is 0 Å². The summed E-state index contributed by atoms with van der Waals surface area (Å²) in [5, 5.41) is 7.92. The van der Waals surface area contributed by atoms with Crippen LogP contribution in [-0.2, 0) is 4.74 Å². The molecule has 1 fully saturated rings. The first-order valence-electron chi connectivity index (χ1n) is 9.09. The molecule has 140 valence electrons. The van der Waals surface area contributed by atoms with Gasteiger partial charge in [0.25, 0.3) is 11.8 Å². The zero-order valence-corrected chi connectivity index (χ0v) is 15.8. The normalized spacial score (nSPS) is 17.1. The number of anilines is 1. The molecule has 0 saturated carbocycles. The van der Waals surface area contributed by atoms with E-state index in [2.05, 4.69) is 10.0 Å². The Labute approximate surface area is 165 Å². The van der Waals surface area contributed by atoms with E-state index in [1.807, 2.05) is 36.4 Å². The maximum Gasteiger partial charge on any atom is 0.282 e. The van der Waals surface area contributed by atoms with Crippen LogP contribution in [-0.4, -0.2) is 49.3 Å². The van der Waals surface area contributed by atoms with Crippen molar-refractivity contribution in [1.82, 2.24) is 5.01 Å². The molecule has 2 aliphatic heterocycles. The Morgan fingerprint density at radius 2 is 1.61 bits per heavy atom. The van der Waals surface area contributed by atoms with Crippen molar-refractivity contribution in [2.24, 2.45) is 5.10 Å². The first kappa shape index (κ1) is 17.1. The van der Waals surface area contributed by atoms with Crippen LogP contribution in [0, 0.1) is 0 Å². The van der Waals surface area contributed by atoms with E-state index in [1.54, 1.807) is 29.7 Å². The van der Waals surface area contributed by atoms with Gasteiger partial charge in [-0.3, -0.25) is 9.59 Å². The van der Waals surface area contributed by atoms with Gasteiger partial charge < -0.3 is 9.64 Å². The minimum Gasteiger partial charge on any atom is -0.378 e. The Balaban J connectivity index is 1.44. The van der Waals surface area contributed by atoms with Crippen LogP contribution >= 0.6 is 11.3 Å². The monoisotopic (exact) mass is 391 g/mol. The van der Waals surface area contributed by atoms with Crippen LogP contribution in [0.25, 0.3) is 10.8 Å². The molecule has 0 unspecified atom stereocenters. The molecule has 2 aliphatic rings. The van der Waals surface area contributed by atoms with Crippen molar-refractivity contribution in [2.75, 3.05) is 31.2 Å². The molecular formula is C21H17N3O3S. The number of nitrogens with zero attached hydrogens (tertiary/aromatic N) is 3. The van der Waals surface area contributed by atoms with Crippen LogP contribution in [0.4, 0.5) is 5.00 Å². The lowest BCUT2D eigenvalue weighted by atomic mass is 9.95. The first-order chi connectivity index (χ1) is 13.7. The highest BCUT2D eigenvalue weighted by Crippen LogP contribution is 2.30. The van der Waals surface area contributed by atoms with Crippen molar-refractivity contribution in [2.45, 2.75) is 0 Å². The number of carbonyl (C=O) groups is 2. The van der Waals surface area contributed by atoms with Crippen molar-refractivity contribution in [3.05, 3.63) is 64.5 Å². The first-order valence-corrected chi connectivity index (χ1v) is 9.91. The Morgan fingerprint density at radius 1 is 0.929 bits per heavy atom. The molecule has 0 N–H and O–H groups in total. The molecule has 0 bridgehead atoms. The third-order valence-electron chi connectivity index (χ3n) is 4.99. The summed E-state index contributed by atoms with van der Waals surface area (Å²) in [5.41, 5.74) is 1.01. The molecule has 5 rings (SSSR count). The molecule has 0 spiro atoms. The second-order valence-electron chi connectivity index (χ2n) is 6.65. The number of hydrogen-bond acceptors (Lipinski definition) is 6. The number of ether oxygens (including phenoxy) is 1. The maximum absolute atomic E-state index is 12.9. The highest BCUT2D eigenvalue weighted by Gasteiger charge is 2.32. The molecule has 2 amide bonds. The third-order valence-corrected chi connectivity index (χ3v) is 6.07. The lowest BCUT2D eigenvalue weighted by Gasteiger charge is -2.27. The average molecular weight is 391 g/mol. The van der Waals surface area contributed by atoms with Crippen molar-refractivity contribution < 1.29 is 14.3 Å². The molecule has 7 heteroatoms. The quantitative estimate of drug-likeness (QED) is 0.507. The summed E-state index contributed by atoms with van der Waals surface area (Å²) >= 11 is 1.58. The SMILES string of the molecule is O=C1c2cccc3cccc(c23)C(=O)N1/N=C\c1ccc(N2CCOCC2)s1. The number of imide groups is 1. The molecule has 1 saturated heterocycles. The van der Waals surface area contributed by atoms with Crippen LogP contribution in [0.2, 0.25) is 0 Å². The van der Waals surface area contributed by atoms with Gasteiger partial charge in [-0.15, -0.1) is 11.3 Å². The predicted octanol–water partition coefficient (Wildman–Crippen LogP) is 3.37. The van der Waals surface area contributed by atoms with Crippen molar-refractivity contribution in [1.29, 1.82) is 0 Å². The molecule has 1 aromatic heterocycles. The van der Waals surface area contributed by atoms with E-state index in [9.17, 15) is 9.59 Å². The van der Waals surface area contributed by atoms with E-state index in [-0.39, 0.29) is 0 Å². The molecule has 2 aromatic carbocycles. The van der Waals surface area contributed by atoms with Gasteiger partial charge >= 0.3 is 0 Å². The molecule has 28 heavy (non-hydrogen) atoms. The minimum atomic E-state index is -0.393. The summed E-state index contributed by atoms with van der Waals surface area (Å²) in [4.78, 5) is 28.9. The summed E-state index contributed by atoms with van der Waals surface area (Å²) in [6.07, 6.45) is 1.58. The van der Waals surface area contributed by atoms with E-state index in [0.717, 1.165) is 46.6 Å². The highest BCUT2D eigenvalue weighted by atomic mass is 32.1. The molecule has 0 atom stereocenters. The van der Waals surface area contributed by atoms with Gasteiger partial charge in [0.1, 0.15) is 0 Å². The number of rotatable bonds is 3. The van der Waals surface area contributed by atoms with E-state index in [1.165, 1.54) is 0 Å². The zero-order chi connectivity index (χ0) is 19.1. The van der Waals surface area contributed by atoms with Gasteiger partial charge in [-0.2, -0.15) is 10.1 Å². The number of hydrogen-bond donors (Lipinski definition) is 0. The molecular weight excluding hydrogens is 374 g/mol. The fourth-order valence-corrected chi connectivity index (χ4v) is 4.53. The minimum absolute atomic E-state index is 0.393. The zero-order valence-electron chi connectivity index (χ0n) is 15.0. The summed E-state index contributed by atoms with van der Waals surface area (Å²) in [6, 6.07) is 14.9. The Bertz CT molecular complexity index is 1060. The van der Waals surface area contributed by atoms with E-state index in [0.29, 0.717) is 16.5 Å². The molecule has 0 radical (unpaired) electrons. The second kappa shape index (κ2) is 6.85. The Hall–Kier alpha value is -3.03. The lowest BCUT2D eigenvalue weighted by molar-refractivity contribution is 0.0616. The predicted molar refractivity (Wildman–Crippen MR) is 109 cm³/mol. The Morgan fingerprint density at radius 3 is 2.29 bits per heavy atom. The summed E-state index contributed by atoms with van der Waals surface area (Å²) < 4.78 is 5.39. The van der Waals surface area contributed by atoms with Gasteiger partial charge in [-0.05, 0) is 29.7 Å². The van der Waals surface area contributed by atoms with Crippen LogP contribution in [0.1, 0.15) is 25.6 Å². The molecule has 3 aromatic rings. The molecule has 0 aliphatic carbocycles. The molecule has 3 heterocycles. The Kier molecular flexibility index (Phi) is 4.18. The van der Waals surface area contributed by atoms with Crippen molar-refractivity contribution in [3.63, 3.8) is 0 Å². The van der Waals surface area contributed by atoms with Crippen LogP contribution in [0.15, 0.2) is 53.6 Å². The van der Waals surface area contributed by atoms with Crippen LogP contribution < -0.4 is 4.90 Å². The third kappa shape index (κ3) is 2.80. The standard InChI is InChI=1S/C21H17N3O3S/c25-20-16-5-1-3-14-4-2-6-17(19(14)16)21(26)24(20)22-13-15-7-8-18(28-15)23-9-11-27-12-10-23/h1-8,13H,9-12H2/b22-13-. The van der Waals surface area contributed by atoms with Crippen LogP contribution in [0.3, 0.4) is 0 Å². The summed E-state index contributed by atoms with van der Waals surface area (Å²) in [7, 11) is 0. The smallest absolute Gasteiger partial charge is 0.282 e. The van der Waals surface area contributed by atoms with Gasteiger partial charge in [0, 0.05) is 23.4 Å². The van der Waals surface area contributed by atoms with Crippen molar-refractivity contribution in [3.8, 4) is 0 Å². The number of benzene rings is 2. The fraction of sp³-hybridized carbons (Fsp3) is 0.190. The summed E-state index contributed by atoms with van der Waals surface area (Å²) in [6.45, 7) is 3.17. The lowest BCUT2D eigenvalue weighted by Crippen LogP contribution is -2.36. The fourth-order valence-electron chi connectivity index (χ4n) is 3.60. The number of hydrazone groups is 1. The van der Waals surface area contributed by atoms with E-state index >= 15 is 0 Å². The van der Waals surface area contributed by atoms with Crippen molar-refractivity contribution >= 4 is 45.1 Å². The van der Waals surface area contributed by atoms with E-state index < -0.39 is 11.8 Å². The topological polar surface area (TPSA) is 62.2 Å². The van der Waals surface area contributed by atoms with Gasteiger partial charge in [0.15, 0.2) is 0 Å². The number of morpholine rings is 1. The van der Waals surface area contributed by atoms with Gasteiger partial charge in [0.05, 0.1) is 35.6 Å². The van der Waals surface area contributed by atoms with Gasteiger partial charge in [0.2, 0.25) is 0 Å². The molecule has 6 nitrogen and oxygen atoms in total. The van der Waals surface area contributed by atoms with Gasteiger partial charge in [-0.25, -0.2) is 0 Å². The number of thiophene rings is 1. The summed E-state index contributed by atoms with van der Waals surface area (Å²) in [5.74, 6) is -0.786. The highest BCUT2D eigenvalue weighted by molar-refractivity contribution is 7.17. The van der Waals surface area contributed by atoms with Gasteiger partial charge in [-0.1, -0.05) is 24.3 Å².